The van der Waals surface area contributed by atoms with Crippen LogP contribution in [0.25, 0.3) is 0 Å². The second-order valence-electron chi connectivity index (χ2n) is 6.37. The predicted octanol–water partition coefficient (Wildman–Crippen LogP) is 3.82. The van der Waals surface area contributed by atoms with Gasteiger partial charge in [0, 0.05) is 6.54 Å². The minimum Gasteiger partial charge on any atom is -0.354 e. The molecule has 2 aromatic carbocycles. The van der Waals surface area contributed by atoms with Gasteiger partial charge in [0.15, 0.2) is 0 Å². The lowest BCUT2D eigenvalue weighted by Crippen LogP contribution is -2.45. The van der Waals surface area contributed by atoms with Gasteiger partial charge in [-0.2, -0.15) is 0 Å². The molecular formula is C21H24F2N2O2S. The van der Waals surface area contributed by atoms with Crippen LogP contribution in [0.2, 0.25) is 0 Å². The first kappa shape index (κ1) is 21.9. The number of carbonyl (C=O) groups excluding carboxylic acids is 2. The van der Waals surface area contributed by atoms with E-state index < -0.39 is 6.04 Å². The lowest BCUT2D eigenvalue weighted by atomic mass is 10.0. The summed E-state index contributed by atoms with van der Waals surface area (Å²) < 4.78 is 26.5. The molecule has 28 heavy (non-hydrogen) atoms. The zero-order valence-corrected chi connectivity index (χ0v) is 16.7. The molecule has 1 atom stereocenters. The van der Waals surface area contributed by atoms with Crippen molar-refractivity contribution in [3.63, 3.8) is 0 Å². The Morgan fingerprint density at radius 3 is 1.93 bits per heavy atom. The maximum absolute atomic E-state index is 13.3. The van der Waals surface area contributed by atoms with E-state index in [4.69, 9.17) is 0 Å². The summed E-state index contributed by atoms with van der Waals surface area (Å²) in [5, 5.41) is 5.14. The molecule has 0 radical (unpaired) electrons. The second-order valence-corrected chi connectivity index (χ2v) is 7.47. The van der Waals surface area contributed by atoms with Crippen molar-refractivity contribution >= 4 is 23.6 Å². The number of benzene rings is 2. The fourth-order valence-electron chi connectivity index (χ4n) is 2.57. The van der Waals surface area contributed by atoms with Crippen molar-refractivity contribution in [1.29, 1.82) is 0 Å². The van der Waals surface area contributed by atoms with Crippen molar-refractivity contribution in [3.8, 4) is 0 Å². The highest BCUT2D eigenvalue weighted by Gasteiger charge is 2.19. The molecule has 0 spiro atoms. The molecule has 0 fully saturated rings. The van der Waals surface area contributed by atoms with Crippen LogP contribution in [0.5, 0.6) is 0 Å². The topological polar surface area (TPSA) is 58.2 Å². The molecule has 0 aliphatic heterocycles. The normalized spacial score (nSPS) is 11.9. The molecule has 0 saturated heterocycles. The van der Waals surface area contributed by atoms with E-state index in [0.29, 0.717) is 6.54 Å². The minimum atomic E-state index is -0.630. The maximum Gasteiger partial charge on any atom is 0.242 e. The highest BCUT2D eigenvalue weighted by molar-refractivity contribution is 8.00. The van der Waals surface area contributed by atoms with Crippen LogP contribution in [0.3, 0.4) is 0 Å². The summed E-state index contributed by atoms with van der Waals surface area (Å²) >= 11 is 1.33. The van der Waals surface area contributed by atoms with Gasteiger partial charge in [-0.05, 0) is 48.7 Å². The number of hydrogen-bond donors (Lipinski definition) is 2. The highest BCUT2D eigenvalue weighted by Crippen LogP contribution is 2.35. The van der Waals surface area contributed by atoms with Crippen LogP contribution in [-0.4, -0.2) is 30.2 Å². The number of carbonyl (C=O) groups is 2. The monoisotopic (exact) mass is 406 g/mol. The van der Waals surface area contributed by atoms with E-state index >= 15 is 0 Å². The van der Waals surface area contributed by atoms with Crippen molar-refractivity contribution in [2.45, 2.75) is 31.6 Å². The van der Waals surface area contributed by atoms with Crippen LogP contribution < -0.4 is 10.6 Å². The van der Waals surface area contributed by atoms with Crippen molar-refractivity contribution in [2.24, 2.45) is 0 Å². The van der Waals surface area contributed by atoms with Crippen LogP contribution in [0.4, 0.5) is 8.78 Å². The molecule has 2 N–H and O–H groups in total. The first-order valence-electron chi connectivity index (χ1n) is 9.10. The Kier molecular flexibility index (Phi) is 8.44. The second kappa shape index (κ2) is 10.8. The lowest BCUT2D eigenvalue weighted by molar-refractivity contribution is -0.127. The summed E-state index contributed by atoms with van der Waals surface area (Å²) in [6.45, 7) is 4.14. The summed E-state index contributed by atoms with van der Waals surface area (Å²) in [7, 11) is 0. The lowest BCUT2D eigenvalue weighted by Gasteiger charge is -2.19. The maximum atomic E-state index is 13.3. The highest BCUT2D eigenvalue weighted by atomic mass is 32.2. The van der Waals surface area contributed by atoms with Gasteiger partial charge < -0.3 is 10.6 Å². The van der Waals surface area contributed by atoms with Crippen molar-refractivity contribution in [2.75, 3.05) is 12.3 Å². The summed E-state index contributed by atoms with van der Waals surface area (Å²) in [5.41, 5.74) is 1.61. The number of rotatable bonds is 9. The number of amides is 2. The zero-order chi connectivity index (χ0) is 20.5. The SMILES string of the molecule is CCCNC(=O)[C@H](C)NC(=O)CSC(c1ccc(F)cc1)c1ccc(F)cc1. The molecule has 0 aliphatic carbocycles. The molecule has 0 bridgehead atoms. The molecule has 2 aromatic rings. The Bertz CT molecular complexity index is 736. The molecule has 4 nitrogen and oxygen atoms in total. The first-order chi connectivity index (χ1) is 13.4. The van der Waals surface area contributed by atoms with Crippen molar-refractivity contribution in [3.05, 3.63) is 71.3 Å². The van der Waals surface area contributed by atoms with Crippen LogP contribution >= 0.6 is 11.8 Å². The Labute approximate surface area is 168 Å². The van der Waals surface area contributed by atoms with E-state index in [1.165, 1.54) is 36.0 Å². The predicted molar refractivity (Wildman–Crippen MR) is 108 cm³/mol. The third-order valence-corrected chi connectivity index (χ3v) is 5.35. The molecule has 2 rings (SSSR count). The summed E-state index contributed by atoms with van der Waals surface area (Å²) in [4.78, 5) is 24.2. The van der Waals surface area contributed by atoms with Gasteiger partial charge in [-0.3, -0.25) is 9.59 Å². The van der Waals surface area contributed by atoms with Gasteiger partial charge in [0.2, 0.25) is 11.8 Å². The van der Waals surface area contributed by atoms with Gasteiger partial charge in [-0.15, -0.1) is 11.8 Å². The average molecular weight is 406 g/mol. The van der Waals surface area contributed by atoms with Gasteiger partial charge in [0.05, 0.1) is 11.0 Å². The number of halogens is 2. The van der Waals surface area contributed by atoms with Gasteiger partial charge in [-0.1, -0.05) is 31.2 Å². The zero-order valence-electron chi connectivity index (χ0n) is 15.9. The molecule has 150 valence electrons. The average Bonchev–Trinajstić information content (AvgIpc) is 2.68. The largest absolute Gasteiger partial charge is 0.354 e. The van der Waals surface area contributed by atoms with E-state index in [0.717, 1.165) is 17.5 Å². The molecule has 0 aromatic heterocycles. The minimum absolute atomic E-state index is 0.102. The number of hydrogen-bond acceptors (Lipinski definition) is 3. The van der Waals surface area contributed by atoms with E-state index in [-0.39, 0.29) is 34.5 Å². The Balaban J connectivity index is 2.04. The third kappa shape index (κ3) is 6.64. The fraction of sp³-hybridized carbons (Fsp3) is 0.333. The number of thioether (sulfide) groups is 1. The van der Waals surface area contributed by atoms with E-state index in [1.54, 1.807) is 31.2 Å². The smallest absolute Gasteiger partial charge is 0.242 e. The molecular weight excluding hydrogens is 382 g/mol. The third-order valence-electron chi connectivity index (χ3n) is 4.05. The standard InChI is InChI=1S/C21H24F2N2O2S/c1-3-12-24-21(27)14(2)25-19(26)13-28-20(15-4-8-17(22)9-5-15)16-6-10-18(23)11-7-16/h4-11,14,20H,3,12-13H2,1-2H3,(H,24,27)(H,25,26)/t14-/m0/s1. The summed E-state index contributed by atoms with van der Waals surface area (Å²) in [6, 6.07) is 11.4. The van der Waals surface area contributed by atoms with E-state index in [2.05, 4.69) is 10.6 Å². The van der Waals surface area contributed by atoms with Gasteiger partial charge >= 0.3 is 0 Å². The molecule has 0 aliphatic rings. The Morgan fingerprint density at radius 1 is 0.964 bits per heavy atom. The van der Waals surface area contributed by atoms with Crippen molar-refractivity contribution < 1.29 is 18.4 Å². The van der Waals surface area contributed by atoms with Crippen LogP contribution in [0, 0.1) is 11.6 Å². The molecule has 2 amide bonds. The van der Waals surface area contributed by atoms with E-state index in [9.17, 15) is 18.4 Å². The van der Waals surface area contributed by atoms with Gasteiger partial charge in [0.1, 0.15) is 17.7 Å². The van der Waals surface area contributed by atoms with Gasteiger partial charge in [0.25, 0.3) is 0 Å². The summed E-state index contributed by atoms with van der Waals surface area (Å²) in [6.07, 6.45) is 0.819. The fourth-order valence-corrected chi connectivity index (χ4v) is 3.67. The van der Waals surface area contributed by atoms with Gasteiger partial charge in [-0.25, -0.2) is 8.78 Å². The Hall–Kier alpha value is -2.41. The molecule has 0 saturated carbocycles. The van der Waals surface area contributed by atoms with Crippen LogP contribution in [-0.2, 0) is 9.59 Å². The van der Waals surface area contributed by atoms with E-state index in [1.807, 2.05) is 6.92 Å². The van der Waals surface area contributed by atoms with Crippen LogP contribution in [0.1, 0.15) is 36.6 Å². The molecule has 0 heterocycles. The van der Waals surface area contributed by atoms with Crippen molar-refractivity contribution in [1.82, 2.24) is 10.6 Å². The first-order valence-corrected chi connectivity index (χ1v) is 10.1. The molecule has 7 heteroatoms. The molecule has 0 unspecified atom stereocenters. The van der Waals surface area contributed by atoms with Crippen LogP contribution in [0.15, 0.2) is 48.5 Å². The number of nitrogens with one attached hydrogen (secondary N) is 2. The Morgan fingerprint density at radius 2 is 1.46 bits per heavy atom. The summed E-state index contributed by atoms with van der Waals surface area (Å²) in [5.74, 6) is -1.11. The quantitative estimate of drug-likeness (QED) is 0.666.